The number of carbonyl (C=O) groups is 2. The van der Waals surface area contributed by atoms with Crippen molar-refractivity contribution in [3.63, 3.8) is 0 Å². The third kappa shape index (κ3) is 7.33. The van der Waals surface area contributed by atoms with E-state index in [0.717, 1.165) is 63.3 Å². The molecule has 2 N–H and O–H groups in total. The molecule has 0 aliphatic carbocycles. The fourth-order valence-corrected chi connectivity index (χ4v) is 4.56. The maximum atomic E-state index is 9.10. The van der Waals surface area contributed by atoms with Gasteiger partial charge in [-0.15, -0.1) is 0 Å². The molecular formula is C22H29N3O6S. The van der Waals surface area contributed by atoms with Gasteiger partial charge in [0.1, 0.15) is 0 Å². The van der Waals surface area contributed by atoms with Crippen LogP contribution in [-0.4, -0.2) is 87.9 Å². The number of morpholine rings is 1. The Bertz CT molecular complexity index is 852. The van der Waals surface area contributed by atoms with E-state index in [-0.39, 0.29) is 0 Å². The zero-order valence-electron chi connectivity index (χ0n) is 17.9. The van der Waals surface area contributed by atoms with Crippen molar-refractivity contribution in [3.8, 4) is 11.3 Å². The SMILES string of the molecule is O=C(O)C(=O)O.c1ccc(-c2cnc(SCCN3CCOCC3)n2CC2CCCO2)cc1. The van der Waals surface area contributed by atoms with E-state index in [4.69, 9.17) is 34.3 Å². The predicted molar refractivity (Wildman–Crippen MR) is 120 cm³/mol. The van der Waals surface area contributed by atoms with Gasteiger partial charge in [0.05, 0.1) is 37.8 Å². The van der Waals surface area contributed by atoms with Crippen molar-refractivity contribution in [2.24, 2.45) is 0 Å². The lowest BCUT2D eigenvalue weighted by atomic mass is 10.1. The number of hydrogen-bond donors (Lipinski definition) is 2. The number of carboxylic acids is 2. The second-order valence-electron chi connectivity index (χ2n) is 7.45. The van der Waals surface area contributed by atoms with Crippen LogP contribution < -0.4 is 0 Å². The van der Waals surface area contributed by atoms with E-state index in [0.29, 0.717) is 6.10 Å². The van der Waals surface area contributed by atoms with E-state index in [9.17, 15) is 0 Å². The molecule has 3 heterocycles. The number of nitrogens with zero attached hydrogens (tertiary/aromatic N) is 3. The van der Waals surface area contributed by atoms with Crippen LogP contribution in [0.2, 0.25) is 0 Å². The summed E-state index contributed by atoms with van der Waals surface area (Å²) in [6.45, 7) is 6.67. The number of benzene rings is 1. The van der Waals surface area contributed by atoms with Crippen LogP contribution in [0.5, 0.6) is 0 Å². The number of aromatic nitrogens is 2. The van der Waals surface area contributed by atoms with Gasteiger partial charge in [0, 0.05) is 32.0 Å². The molecule has 0 radical (unpaired) electrons. The Morgan fingerprint density at radius 1 is 1.09 bits per heavy atom. The summed E-state index contributed by atoms with van der Waals surface area (Å²) in [4.78, 5) is 25.4. The van der Waals surface area contributed by atoms with Crippen molar-refractivity contribution in [1.29, 1.82) is 0 Å². The summed E-state index contributed by atoms with van der Waals surface area (Å²) in [6, 6.07) is 10.5. The van der Waals surface area contributed by atoms with Gasteiger partial charge >= 0.3 is 11.9 Å². The summed E-state index contributed by atoms with van der Waals surface area (Å²) in [6.07, 6.45) is 4.64. The molecule has 1 aromatic carbocycles. The van der Waals surface area contributed by atoms with Crippen molar-refractivity contribution >= 4 is 23.7 Å². The van der Waals surface area contributed by atoms with Crippen molar-refractivity contribution < 1.29 is 29.3 Å². The number of aliphatic carboxylic acids is 2. The Morgan fingerprint density at radius 3 is 2.44 bits per heavy atom. The smallest absolute Gasteiger partial charge is 0.414 e. The molecule has 0 saturated carbocycles. The standard InChI is InChI=1S/C20H27N3O2S.C2H2O4/c1-2-5-17(6-3-1)19-15-21-20(23(19)16-18-7-4-11-25-18)26-14-10-22-8-12-24-13-9-22;3-1(4)2(5)6/h1-3,5-6,15,18H,4,7-14,16H2;(H,3,4)(H,5,6). The summed E-state index contributed by atoms with van der Waals surface area (Å²) in [5.74, 6) is -2.60. The highest BCUT2D eigenvalue weighted by Gasteiger charge is 2.21. The van der Waals surface area contributed by atoms with E-state index in [1.807, 2.05) is 18.0 Å². The van der Waals surface area contributed by atoms with Crippen molar-refractivity contribution in [2.75, 3.05) is 45.2 Å². The largest absolute Gasteiger partial charge is 0.473 e. The Balaban J connectivity index is 0.000000427. The van der Waals surface area contributed by atoms with Crippen LogP contribution in [0.1, 0.15) is 12.8 Å². The molecule has 2 aliphatic heterocycles. The summed E-state index contributed by atoms with van der Waals surface area (Å²) < 4.78 is 13.7. The van der Waals surface area contributed by atoms with Gasteiger partial charge < -0.3 is 24.3 Å². The first-order valence-electron chi connectivity index (χ1n) is 10.7. The zero-order chi connectivity index (χ0) is 22.8. The number of thioether (sulfide) groups is 1. The highest BCUT2D eigenvalue weighted by molar-refractivity contribution is 7.99. The van der Waals surface area contributed by atoms with Crippen LogP contribution in [-0.2, 0) is 25.6 Å². The summed E-state index contributed by atoms with van der Waals surface area (Å²) in [5.41, 5.74) is 2.41. The third-order valence-corrected chi connectivity index (χ3v) is 6.19. The van der Waals surface area contributed by atoms with E-state index in [1.165, 1.54) is 17.7 Å². The van der Waals surface area contributed by atoms with Gasteiger partial charge in [0.15, 0.2) is 5.16 Å². The van der Waals surface area contributed by atoms with Gasteiger partial charge in [-0.05, 0) is 18.4 Å². The minimum absolute atomic E-state index is 0.310. The molecule has 1 aromatic heterocycles. The molecule has 9 nitrogen and oxygen atoms in total. The first-order chi connectivity index (χ1) is 15.5. The lowest BCUT2D eigenvalue weighted by Crippen LogP contribution is -2.37. The van der Waals surface area contributed by atoms with Crippen molar-refractivity contribution in [1.82, 2.24) is 14.5 Å². The minimum atomic E-state index is -1.82. The van der Waals surface area contributed by atoms with E-state index >= 15 is 0 Å². The number of hydrogen-bond acceptors (Lipinski definition) is 7. The van der Waals surface area contributed by atoms with Gasteiger partial charge in [0.2, 0.25) is 0 Å². The molecule has 1 atom stereocenters. The summed E-state index contributed by atoms with van der Waals surface area (Å²) in [7, 11) is 0. The summed E-state index contributed by atoms with van der Waals surface area (Å²) >= 11 is 1.85. The van der Waals surface area contributed by atoms with Gasteiger partial charge in [-0.2, -0.15) is 0 Å². The maximum Gasteiger partial charge on any atom is 0.414 e. The Morgan fingerprint density at radius 2 is 1.81 bits per heavy atom. The highest BCUT2D eigenvalue weighted by atomic mass is 32.2. The van der Waals surface area contributed by atoms with E-state index < -0.39 is 11.9 Å². The molecule has 174 valence electrons. The van der Waals surface area contributed by atoms with Crippen LogP contribution in [0.3, 0.4) is 0 Å². The molecule has 2 saturated heterocycles. The molecular weight excluding hydrogens is 434 g/mol. The number of imidazole rings is 1. The number of rotatable bonds is 7. The predicted octanol–water partition coefficient (Wildman–Crippen LogP) is 2.31. The molecule has 2 aromatic rings. The van der Waals surface area contributed by atoms with Gasteiger partial charge in [-0.1, -0.05) is 42.1 Å². The summed E-state index contributed by atoms with van der Waals surface area (Å²) in [5, 5.41) is 15.9. The van der Waals surface area contributed by atoms with Gasteiger partial charge in [-0.25, -0.2) is 14.6 Å². The Labute approximate surface area is 191 Å². The molecule has 0 amide bonds. The second-order valence-corrected chi connectivity index (χ2v) is 8.51. The number of carboxylic acid groups (broad SMARTS) is 2. The van der Waals surface area contributed by atoms with Gasteiger partial charge in [0.25, 0.3) is 0 Å². The number of ether oxygens (including phenoxy) is 2. The Kier molecular flexibility index (Phi) is 9.54. The molecule has 2 fully saturated rings. The maximum absolute atomic E-state index is 9.10. The fourth-order valence-electron chi connectivity index (χ4n) is 3.57. The molecule has 1 unspecified atom stereocenters. The van der Waals surface area contributed by atoms with Crippen molar-refractivity contribution in [3.05, 3.63) is 36.5 Å². The van der Waals surface area contributed by atoms with Crippen LogP contribution in [0.15, 0.2) is 41.7 Å². The van der Waals surface area contributed by atoms with Crippen molar-refractivity contribution in [2.45, 2.75) is 30.6 Å². The van der Waals surface area contributed by atoms with Crippen LogP contribution in [0, 0.1) is 0 Å². The zero-order valence-corrected chi connectivity index (χ0v) is 18.7. The average molecular weight is 464 g/mol. The lowest BCUT2D eigenvalue weighted by molar-refractivity contribution is -0.159. The molecule has 10 heteroatoms. The first-order valence-corrected chi connectivity index (χ1v) is 11.6. The van der Waals surface area contributed by atoms with E-state index in [1.54, 1.807) is 0 Å². The molecule has 4 rings (SSSR count). The monoisotopic (exact) mass is 463 g/mol. The van der Waals surface area contributed by atoms with Crippen LogP contribution >= 0.6 is 11.8 Å². The Hall–Kier alpha value is -2.40. The molecule has 0 bridgehead atoms. The van der Waals surface area contributed by atoms with E-state index in [2.05, 4.69) is 39.8 Å². The van der Waals surface area contributed by atoms with Gasteiger partial charge in [-0.3, -0.25) is 4.90 Å². The second kappa shape index (κ2) is 12.6. The minimum Gasteiger partial charge on any atom is -0.473 e. The van der Waals surface area contributed by atoms with Crippen LogP contribution in [0.25, 0.3) is 11.3 Å². The third-order valence-electron chi connectivity index (χ3n) is 5.22. The molecule has 2 aliphatic rings. The quantitative estimate of drug-likeness (QED) is 0.471. The average Bonchev–Trinajstić information content (AvgIpc) is 3.46. The topological polar surface area (TPSA) is 114 Å². The van der Waals surface area contributed by atoms with Crippen LogP contribution in [0.4, 0.5) is 0 Å². The molecule has 32 heavy (non-hydrogen) atoms. The lowest BCUT2D eigenvalue weighted by Gasteiger charge is -2.26. The fraction of sp³-hybridized carbons (Fsp3) is 0.500. The highest BCUT2D eigenvalue weighted by Crippen LogP contribution is 2.28. The molecule has 0 spiro atoms. The first kappa shape index (κ1) is 24.2. The normalized spacial score (nSPS) is 18.7.